The minimum atomic E-state index is -2.47. The molecule has 0 aliphatic carbocycles. The topological polar surface area (TPSA) is 63.2 Å². The predicted octanol–water partition coefficient (Wildman–Crippen LogP) is 9.46. The Balaban J connectivity index is 1.70. The van der Waals surface area contributed by atoms with Gasteiger partial charge in [-0.2, -0.15) is 0 Å². The third-order valence-electron chi connectivity index (χ3n) is 11.4. The van der Waals surface area contributed by atoms with Crippen molar-refractivity contribution in [1.82, 2.24) is 0 Å². The van der Waals surface area contributed by atoms with Gasteiger partial charge in [-0.05, 0) is 0 Å². The number of carbonyl (C=O) groups excluding carboxylic acids is 1. The van der Waals surface area contributed by atoms with E-state index in [-0.39, 0.29) is 37.6 Å². The Hall–Kier alpha value is -2.86. The molecule has 0 unspecified atom stereocenters. The molecule has 54 heavy (non-hydrogen) atoms. The molecule has 0 amide bonds. The van der Waals surface area contributed by atoms with Gasteiger partial charge in [0.25, 0.3) is 0 Å². The molecule has 5 rings (SSSR count). The van der Waals surface area contributed by atoms with Crippen molar-refractivity contribution in [2.75, 3.05) is 6.61 Å². The van der Waals surface area contributed by atoms with Gasteiger partial charge in [-0.15, -0.1) is 0 Å². The average molecular weight is 832 g/mol. The van der Waals surface area contributed by atoms with E-state index in [0.29, 0.717) is 0 Å². The molecule has 0 N–H and O–H groups in total. The summed E-state index contributed by atoms with van der Waals surface area (Å²) in [6.45, 7) is 24.2. The number of rotatable bonds is 13. The van der Waals surface area contributed by atoms with Crippen molar-refractivity contribution in [2.45, 2.75) is 120 Å². The SMILES string of the molecule is CC(=O)O[C@@H]1[C@@H](O[Si](C)(C)C(C)(C)C)[C@H](O[Si](C)(C)C(C)(C)C)[C@@H](COC(c2ccccc2)(c2ccccc2)c2ccccc2)O[C@H]1[Se]c1ccccc1. The zero-order valence-electron chi connectivity index (χ0n) is 34.0. The molecule has 4 aromatic rings. The molecule has 5 atom stereocenters. The summed E-state index contributed by atoms with van der Waals surface area (Å²) in [4.78, 5) is 13.0. The fraction of sp³-hybridized carbons (Fsp3) is 0.444. The summed E-state index contributed by atoms with van der Waals surface area (Å²) in [6.07, 6.45) is -2.38. The van der Waals surface area contributed by atoms with Crippen LogP contribution in [0.2, 0.25) is 36.3 Å². The molecule has 0 radical (unpaired) electrons. The van der Waals surface area contributed by atoms with Gasteiger partial charge in [0.15, 0.2) is 0 Å². The number of carbonyl (C=O) groups is 1. The molecule has 1 heterocycles. The summed E-state index contributed by atoms with van der Waals surface area (Å²) in [5, 5.41) is -0.669. The van der Waals surface area contributed by atoms with Crippen LogP contribution < -0.4 is 4.46 Å². The van der Waals surface area contributed by atoms with E-state index in [0.717, 1.165) is 21.2 Å². The Morgan fingerprint density at radius 3 is 1.39 bits per heavy atom. The van der Waals surface area contributed by atoms with Gasteiger partial charge >= 0.3 is 334 Å². The quantitative estimate of drug-likeness (QED) is 0.0761. The van der Waals surface area contributed by atoms with E-state index < -0.39 is 51.7 Å². The van der Waals surface area contributed by atoms with Gasteiger partial charge in [0, 0.05) is 0 Å². The molecule has 1 aliphatic heterocycles. The first-order valence-corrected chi connectivity index (χ1v) is 26.7. The Morgan fingerprint density at radius 1 is 0.611 bits per heavy atom. The van der Waals surface area contributed by atoms with Crippen LogP contribution in [0.15, 0.2) is 121 Å². The van der Waals surface area contributed by atoms with Gasteiger partial charge in [-0.1, -0.05) is 0 Å². The van der Waals surface area contributed by atoms with Crippen LogP contribution in [0.5, 0.6) is 0 Å². The second-order valence-electron chi connectivity index (χ2n) is 17.3. The normalized spacial score (nSPS) is 21.4. The van der Waals surface area contributed by atoms with E-state index in [9.17, 15) is 4.79 Å². The van der Waals surface area contributed by atoms with Gasteiger partial charge < -0.3 is 0 Å². The van der Waals surface area contributed by atoms with E-state index in [1.807, 2.05) is 36.4 Å². The zero-order chi connectivity index (χ0) is 39.4. The first-order valence-electron chi connectivity index (χ1n) is 19.1. The minimum absolute atomic E-state index is 0.108. The maximum absolute atomic E-state index is 13.0. The van der Waals surface area contributed by atoms with Crippen molar-refractivity contribution in [3.05, 3.63) is 138 Å². The molecule has 0 bridgehead atoms. The molecule has 1 fully saturated rings. The summed E-state index contributed by atoms with van der Waals surface area (Å²) in [5.41, 5.74) is 2.07. The molecule has 0 saturated carbocycles. The number of hydrogen-bond acceptors (Lipinski definition) is 6. The van der Waals surface area contributed by atoms with Crippen molar-refractivity contribution in [2.24, 2.45) is 0 Å². The number of ether oxygens (including phenoxy) is 3. The van der Waals surface area contributed by atoms with E-state index >= 15 is 0 Å². The molecule has 0 aromatic heterocycles. The van der Waals surface area contributed by atoms with E-state index in [2.05, 4.69) is 153 Å². The second-order valence-corrected chi connectivity index (χ2v) is 29.3. The first kappa shape index (κ1) is 42.3. The van der Waals surface area contributed by atoms with E-state index in [1.165, 1.54) is 6.92 Å². The third-order valence-corrected chi connectivity index (χ3v) is 22.7. The van der Waals surface area contributed by atoms with Crippen LogP contribution in [-0.4, -0.2) is 73.6 Å². The van der Waals surface area contributed by atoms with Crippen molar-refractivity contribution >= 4 is 42.0 Å². The van der Waals surface area contributed by atoms with Gasteiger partial charge in [-0.25, -0.2) is 0 Å². The summed E-state index contributed by atoms with van der Waals surface area (Å²) in [5.74, 6) is -0.363. The van der Waals surface area contributed by atoms with Gasteiger partial charge in [-0.3, -0.25) is 0 Å². The molecular formula is C45H60O6SeSi2. The van der Waals surface area contributed by atoms with E-state index in [4.69, 9.17) is 23.1 Å². The van der Waals surface area contributed by atoms with E-state index in [1.54, 1.807) is 0 Å². The zero-order valence-corrected chi connectivity index (χ0v) is 37.7. The Kier molecular flexibility index (Phi) is 13.4. The van der Waals surface area contributed by atoms with Crippen LogP contribution >= 0.6 is 0 Å². The molecule has 6 nitrogen and oxygen atoms in total. The monoisotopic (exact) mass is 832 g/mol. The first-order chi connectivity index (χ1) is 25.4. The molecule has 290 valence electrons. The van der Waals surface area contributed by atoms with Crippen LogP contribution in [0.4, 0.5) is 0 Å². The Bertz CT molecular complexity index is 1680. The number of hydrogen-bond donors (Lipinski definition) is 0. The fourth-order valence-corrected chi connectivity index (χ4v) is 11.3. The molecule has 1 saturated heterocycles. The summed E-state index contributed by atoms with van der Waals surface area (Å²) >= 11 is -0.230. The second kappa shape index (κ2) is 17.1. The van der Waals surface area contributed by atoms with Crippen molar-refractivity contribution < 1.29 is 27.9 Å². The van der Waals surface area contributed by atoms with Crippen LogP contribution in [-0.2, 0) is 33.5 Å². The molecule has 0 spiro atoms. The number of benzene rings is 4. The summed E-state index contributed by atoms with van der Waals surface area (Å²) in [7, 11) is -4.93. The third kappa shape index (κ3) is 9.56. The van der Waals surface area contributed by atoms with Crippen LogP contribution in [0, 0.1) is 0 Å². The van der Waals surface area contributed by atoms with Crippen LogP contribution in [0.25, 0.3) is 0 Å². The van der Waals surface area contributed by atoms with Gasteiger partial charge in [0.05, 0.1) is 0 Å². The van der Waals surface area contributed by atoms with Crippen molar-refractivity contribution in [1.29, 1.82) is 0 Å². The maximum atomic E-state index is 13.0. The summed E-state index contributed by atoms with van der Waals surface area (Å²) < 4.78 is 37.1. The van der Waals surface area contributed by atoms with Crippen molar-refractivity contribution in [3.63, 3.8) is 0 Å². The molecular weight excluding hydrogens is 772 g/mol. The average Bonchev–Trinajstić information content (AvgIpc) is 3.12. The van der Waals surface area contributed by atoms with Gasteiger partial charge in [0.2, 0.25) is 0 Å². The fourth-order valence-electron chi connectivity index (χ4n) is 6.34. The van der Waals surface area contributed by atoms with Crippen molar-refractivity contribution in [3.8, 4) is 0 Å². The standard InChI is InChI=1S/C45H60O6SeSi2/c1-33(46)48-41-40(51-54(10,11)44(5,6)7)39(50-53(8,9)43(2,3)4)38(49-42(41)52-37-30-22-15-23-31-37)32-47-45(34-24-16-12-17-25-34,35-26-18-13-19-27-35)36-28-20-14-21-29-36/h12-31,38-42H,32H2,1-11H3/t38-,39-,40+,41-,42+/m1/s1. The predicted molar refractivity (Wildman–Crippen MR) is 225 cm³/mol. The molecule has 9 heteroatoms. The van der Waals surface area contributed by atoms with Crippen LogP contribution in [0.1, 0.15) is 65.2 Å². The number of esters is 1. The molecule has 1 aliphatic rings. The molecule has 4 aromatic carbocycles. The Morgan fingerprint density at radius 2 is 1.00 bits per heavy atom. The van der Waals surface area contributed by atoms with Crippen LogP contribution in [0.3, 0.4) is 0 Å². The van der Waals surface area contributed by atoms with Gasteiger partial charge in [0.1, 0.15) is 0 Å². The Labute approximate surface area is 332 Å². The summed E-state index contributed by atoms with van der Waals surface area (Å²) in [6, 6.07) is 41.6.